The summed E-state index contributed by atoms with van der Waals surface area (Å²) in [6.07, 6.45) is -2.28. The minimum atomic E-state index is -4.61. The average Bonchev–Trinajstić information content (AvgIpc) is 3.09. The van der Waals surface area contributed by atoms with Crippen molar-refractivity contribution in [2.45, 2.75) is 32.6 Å². The summed E-state index contributed by atoms with van der Waals surface area (Å²) in [5.74, 6) is 0.170. The van der Waals surface area contributed by atoms with E-state index in [2.05, 4.69) is 25.6 Å². The number of nitrogens with one attached hydrogen (secondary N) is 2. The lowest BCUT2D eigenvalue weighted by Crippen LogP contribution is -2.23. The number of anilines is 2. The van der Waals surface area contributed by atoms with Gasteiger partial charge in [-0.05, 0) is 55.3 Å². The summed E-state index contributed by atoms with van der Waals surface area (Å²) in [5.41, 5.74) is 1.95. The number of pyridine rings is 1. The first-order valence-corrected chi connectivity index (χ1v) is 10.5. The van der Waals surface area contributed by atoms with Gasteiger partial charge in [0.05, 0.1) is 0 Å². The molecule has 170 valence electrons. The molecule has 0 fully saturated rings. The quantitative estimate of drug-likeness (QED) is 0.490. The van der Waals surface area contributed by atoms with Gasteiger partial charge in [-0.2, -0.15) is 18.2 Å². The smallest absolute Gasteiger partial charge is 0.324 e. The maximum Gasteiger partial charge on any atom is 0.433 e. The Morgan fingerprint density at radius 1 is 1.15 bits per heavy atom. The second-order valence-electron chi connectivity index (χ2n) is 7.68. The molecule has 1 aromatic carbocycles. The van der Waals surface area contributed by atoms with Crippen molar-refractivity contribution in [3.63, 3.8) is 0 Å². The predicted octanol–water partition coefficient (Wildman–Crippen LogP) is 3.41. The lowest BCUT2D eigenvalue weighted by molar-refractivity contribution is -0.141. The van der Waals surface area contributed by atoms with Crippen molar-refractivity contribution in [1.82, 2.24) is 29.6 Å². The molecule has 2 N–H and O–H groups in total. The fraction of sp³-hybridized carbons (Fsp3) is 0.273. The molecule has 0 spiro atoms. The molecule has 11 heteroatoms. The molecule has 3 aromatic heterocycles. The van der Waals surface area contributed by atoms with Gasteiger partial charge in [-0.25, -0.2) is 19.3 Å². The Bertz CT molecular complexity index is 1410. The van der Waals surface area contributed by atoms with Crippen LogP contribution in [0, 0.1) is 0 Å². The first-order chi connectivity index (χ1) is 15.8. The van der Waals surface area contributed by atoms with E-state index in [1.54, 1.807) is 6.92 Å². The highest BCUT2D eigenvalue weighted by Gasteiger charge is 2.33. The fourth-order valence-electron chi connectivity index (χ4n) is 3.99. The number of benzene rings is 1. The van der Waals surface area contributed by atoms with E-state index in [-0.39, 0.29) is 29.3 Å². The molecule has 0 aliphatic carbocycles. The van der Waals surface area contributed by atoms with Crippen molar-refractivity contribution in [3.05, 3.63) is 69.8 Å². The average molecular weight is 455 g/mol. The highest BCUT2D eigenvalue weighted by atomic mass is 19.4. The number of halogens is 3. The maximum atomic E-state index is 13.2. The Kier molecular flexibility index (Phi) is 5.12. The van der Waals surface area contributed by atoms with Crippen LogP contribution < -0.4 is 16.2 Å². The van der Waals surface area contributed by atoms with Crippen molar-refractivity contribution in [2.24, 2.45) is 0 Å². The molecule has 0 saturated carbocycles. The molecule has 0 radical (unpaired) electrons. The third-order valence-electron chi connectivity index (χ3n) is 5.57. The normalized spacial score (nSPS) is 13.8. The van der Waals surface area contributed by atoms with Gasteiger partial charge >= 0.3 is 6.18 Å². The predicted molar refractivity (Wildman–Crippen MR) is 117 cm³/mol. The molecule has 0 saturated heterocycles. The van der Waals surface area contributed by atoms with Gasteiger partial charge in [0.25, 0.3) is 5.56 Å². The molecule has 0 amide bonds. The van der Waals surface area contributed by atoms with E-state index in [0.717, 1.165) is 31.3 Å². The van der Waals surface area contributed by atoms with Crippen LogP contribution in [0.25, 0.3) is 16.9 Å². The van der Waals surface area contributed by atoms with Crippen LogP contribution in [0.2, 0.25) is 0 Å². The SMILES string of the molecule is CCn1c(=O)c2cnc(Nc3ccc4c(c3)CNCC4)nc2n1-c1cccc(C(F)(F)F)n1. The van der Waals surface area contributed by atoms with Gasteiger partial charge in [0.1, 0.15) is 11.1 Å². The van der Waals surface area contributed by atoms with Crippen molar-refractivity contribution in [2.75, 3.05) is 11.9 Å². The fourth-order valence-corrected chi connectivity index (χ4v) is 3.99. The highest BCUT2D eigenvalue weighted by Crippen LogP contribution is 2.28. The van der Waals surface area contributed by atoms with Gasteiger partial charge in [-0.1, -0.05) is 12.1 Å². The van der Waals surface area contributed by atoms with Crippen molar-refractivity contribution in [1.29, 1.82) is 0 Å². The summed E-state index contributed by atoms with van der Waals surface area (Å²) in [5, 5.41) is 6.65. The summed E-state index contributed by atoms with van der Waals surface area (Å²) in [6.45, 7) is 3.64. The lowest BCUT2D eigenvalue weighted by Gasteiger charge is -2.18. The van der Waals surface area contributed by atoms with Crippen LogP contribution in [0.5, 0.6) is 0 Å². The number of nitrogens with zero attached hydrogens (tertiary/aromatic N) is 5. The van der Waals surface area contributed by atoms with E-state index in [9.17, 15) is 18.0 Å². The third kappa shape index (κ3) is 3.84. The number of rotatable bonds is 4. The maximum absolute atomic E-state index is 13.2. The number of alkyl halides is 3. The van der Waals surface area contributed by atoms with Gasteiger partial charge in [0.2, 0.25) is 5.95 Å². The topological polar surface area (TPSA) is 89.7 Å². The Balaban J connectivity index is 1.60. The lowest BCUT2D eigenvalue weighted by atomic mass is 10.0. The van der Waals surface area contributed by atoms with Gasteiger partial charge in [-0.15, -0.1) is 0 Å². The van der Waals surface area contributed by atoms with Gasteiger partial charge in [-0.3, -0.25) is 4.79 Å². The molecule has 1 aliphatic rings. The molecule has 33 heavy (non-hydrogen) atoms. The van der Waals surface area contributed by atoms with Crippen LogP contribution in [-0.2, 0) is 25.7 Å². The second-order valence-corrected chi connectivity index (χ2v) is 7.68. The molecule has 4 aromatic rings. The molecule has 0 unspecified atom stereocenters. The number of hydrogen-bond acceptors (Lipinski definition) is 6. The van der Waals surface area contributed by atoms with Gasteiger partial charge in [0, 0.05) is 25.0 Å². The first-order valence-electron chi connectivity index (χ1n) is 10.5. The number of aromatic nitrogens is 5. The largest absolute Gasteiger partial charge is 0.433 e. The minimum Gasteiger partial charge on any atom is -0.324 e. The second kappa shape index (κ2) is 8.00. The van der Waals surface area contributed by atoms with E-state index in [1.807, 2.05) is 18.2 Å². The number of fused-ring (bicyclic) bond motifs is 2. The van der Waals surface area contributed by atoms with E-state index in [1.165, 1.54) is 38.8 Å². The standard InChI is InChI=1S/C22H20F3N7O/c1-2-31-20(33)16-12-27-21(28-15-7-6-13-8-9-26-11-14(13)10-15)30-19(16)32(31)18-5-3-4-17(29-18)22(23,24)25/h3-7,10,12,26H,2,8-9,11H2,1H3,(H,27,28,30). The zero-order valence-electron chi connectivity index (χ0n) is 17.6. The Labute approximate surface area is 186 Å². The monoisotopic (exact) mass is 455 g/mol. The van der Waals surface area contributed by atoms with Gasteiger partial charge < -0.3 is 10.6 Å². The van der Waals surface area contributed by atoms with Crippen LogP contribution in [-0.4, -0.2) is 30.9 Å². The van der Waals surface area contributed by atoms with Crippen LogP contribution in [0.15, 0.2) is 47.4 Å². The summed E-state index contributed by atoms with van der Waals surface area (Å²) in [6, 6.07) is 9.53. The van der Waals surface area contributed by atoms with Crippen LogP contribution in [0.1, 0.15) is 23.7 Å². The van der Waals surface area contributed by atoms with E-state index >= 15 is 0 Å². The van der Waals surface area contributed by atoms with Crippen molar-refractivity contribution < 1.29 is 13.2 Å². The zero-order chi connectivity index (χ0) is 23.2. The summed E-state index contributed by atoms with van der Waals surface area (Å²) < 4.78 is 42.3. The van der Waals surface area contributed by atoms with Crippen molar-refractivity contribution >= 4 is 22.7 Å². The summed E-state index contributed by atoms with van der Waals surface area (Å²) in [4.78, 5) is 25.3. The van der Waals surface area contributed by atoms with E-state index in [0.29, 0.717) is 0 Å². The molecular formula is C22H20F3N7O. The number of hydrogen-bond donors (Lipinski definition) is 2. The summed E-state index contributed by atoms with van der Waals surface area (Å²) >= 11 is 0. The molecule has 5 rings (SSSR count). The molecule has 0 atom stereocenters. The Hall–Kier alpha value is -3.73. The Morgan fingerprint density at radius 2 is 2.00 bits per heavy atom. The third-order valence-corrected chi connectivity index (χ3v) is 5.57. The molecule has 8 nitrogen and oxygen atoms in total. The molecular weight excluding hydrogens is 435 g/mol. The van der Waals surface area contributed by atoms with Crippen LogP contribution in [0.3, 0.4) is 0 Å². The van der Waals surface area contributed by atoms with Crippen LogP contribution >= 0.6 is 0 Å². The first kappa shape index (κ1) is 21.1. The van der Waals surface area contributed by atoms with E-state index in [4.69, 9.17) is 0 Å². The molecule has 0 bridgehead atoms. The highest BCUT2D eigenvalue weighted by molar-refractivity contribution is 5.77. The van der Waals surface area contributed by atoms with Crippen molar-refractivity contribution in [3.8, 4) is 5.82 Å². The van der Waals surface area contributed by atoms with Crippen LogP contribution in [0.4, 0.5) is 24.8 Å². The minimum absolute atomic E-state index is 0.0525. The molecule has 4 heterocycles. The van der Waals surface area contributed by atoms with E-state index < -0.39 is 17.4 Å². The summed E-state index contributed by atoms with van der Waals surface area (Å²) in [7, 11) is 0. The Morgan fingerprint density at radius 3 is 2.79 bits per heavy atom. The molecule has 1 aliphatic heterocycles. The zero-order valence-corrected chi connectivity index (χ0v) is 17.6. The van der Waals surface area contributed by atoms with Gasteiger partial charge in [0.15, 0.2) is 11.5 Å².